The van der Waals surface area contributed by atoms with Crippen molar-refractivity contribution in [3.05, 3.63) is 54.1 Å². The van der Waals surface area contributed by atoms with Gasteiger partial charge in [-0.05, 0) is 32.2 Å². The first-order chi connectivity index (χ1) is 11.6. The number of likely N-dealkylation sites (N-methyl/N-ethyl adjacent to an activating group) is 1. The lowest BCUT2D eigenvalue weighted by Crippen LogP contribution is -2.39. The summed E-state index contributed by atoms with van der Waals surface area (Å²) in [5.41, 5.74) is 1.71. The second-order valence-electron chi connectivity index (χ2n) is 5.59. The van der Waals surface area contributed by atoms with Crippen molar-refractivity contribution in [1.29, 1.82) is 0 Å². The number of nitrogens with zero attached hydrogens (tertiary/aromatic N) is 1. The van der Waals surface area contributed by atoms with E-state index in [0.717, 1.165) is 11.3 Å². The van der Waals surface area contributed by atoms with Crippen LogP contribution in [0.4, 0.5) is 5.69 Å². The van der Waals surface area contributed by atoms with Crippen molar-refractivity contribution in [3.63, 3.8) is 0 Å². The molecule has 0 aromatic heterocycles. The quantitative estimate of drug-likeness (QED) is 0.848. The average Bonchev–Trinajstić information content (AvgIpc) is 2.61. The minimum atomic E-state index is -0.306. The zero-order valence-corrected chi connectivity index (χ0v) is 14.6. The first-order valence-electron chi connectivity index (χ1n) is 7.82. The molecule has 1 atom stereocenters. The monoisotopic (exact) mass is 328 g/mol. The topological polar surface area (TPSA) is 50.8 Å². The molecule has 0 saturated carbocycles. The number of methoxy groups -OCH3 is 2. The van der Waals surface area contributed by atoms with Crippen molar-refractivity contribution in [2.75, 3.05) is 26.6 Å². The van der Waals surface area contributed by atoms with E-state index in [2.05, 4.69) is 5.32 Å². The Balaban J connectivity index is 2.04. The summed E-state index contributed by atoms with van der Waals surface area (Å²) in [6.07, 6.45) is 0. The summed E-state index contributed by atoms with van der Waals surface area (Å²) in [7, 11) is 5.15. The van der Waals surface area contributed by atoms with E-state index in [9.17, 15) is 4.79 Å². The predicted octanol–water partition coefficient (Wildman–Crippen LogP) is 3.16. The Morgan fingerprint density at radius 3 is 2.29 bits per heavy atom. The molecule has 2 aromatic carbocycles. The summed E-state index contributed by atoms with van der Waals surface area (Å²) in [6, 6.07) is 14.9. The van der Waals surface area contributed by atoms with Crippen molar-refractivity contribution in [3.8, 4) is 11.5 Å². The van der Waals surface area contributed by atoms with Gasteiger partial charge in [0.05, 0.1) is 25.9 Å². The van der Waals surface area contributed by atoms with E-state index in [1.54, 1.807) is 14.2 Å². The maximum Gasteiger partial charge on any atom is 0.241 e. The van der Waals surface area contributed by atoms with Crippen LogP contribution in [0.5, 0.6) is 11.5 Å². The lowest BCUT2D eigenvalue weighted by molar-refractivity contribution is -0.120. The maximum atomic E-state index is 12.5. The van der Waals surface area contributed by atoms with Gasteiger partial charge in [-0.15, -0.1) is 0 Å². The van der Waals surface area contributed by atoms with Crippen molar-refractivity contribution >= 4 is 11.6 Å². The highest BCUT2D eigenvalue weighted by Crippen LogP contribution is 2.24. The molecule has 128 valence electrons. The molecule has 0 unspecified atom stereocenters. The molecule has 2 rings (SSSR count). The van der Waals surface area contributed by atoms with E-state index in [-0.39, 0.29) is 11.9 Å². The molecule has 0 fully saturated rings. The molecule has 0 saturated heterocycles. The number of rotatable bonds is 7. The summed E-state index contributed by atoms with van der Waals surface area (Å²) in [5, 5.41) is 2.92. The molecule has 0 aliphatic rings. The van der Waals surface area contributed by atoms with E-state index in [4.69, 9.17) is 9.47 Å². The zero-order valence-electron chi connectivity index (χ0n) is 14.6. The van der Waals surface area contributed by atoms with Gasteiger partial charge in [-0.25, -0.2) is 0 Å². The third-order valence-electron chi connectivity index (χ3n) is 4.02. The molecule has 2 aromatic rings. The number of ether oxygens (including phenoxy) is 2. The van der Waals surface area contributed by atoms with Gasteiger partial charge in [0.1, 0.15) is 11.5 Å². The van der Waals surface area contributed by atoms with Crippen molar-refractivity contribution in [2.24, 2.45) is 0 Å². The lowest BCUT2D eigenvalue weighted by atomic mass is 10.1. The van der Waals surface area contributed by atoms with E-state index in [1.165, 1.54) is 0 Å². The molecule has 1 amide bonds. The molecular weight excluding hydrogens is 304 g/mol. The van der Waals surface area contributed by atoms with Gasteiger partial charge in [-0.1, -0.05) is 30.3 Å². The number of nitrogens with one attached hydrogen (secondary N) is 1. The lowest BCUT2D eigenvalue weighted by Gasteiger charge is -2.25. The van der Waals surface area contributed by atoms with Gasteiger partial charge in [0.2, 0.25) is 5.91 Å². The van der Waals surface area contributed by atoms with Crippen LogP contribution in [0.3, 0.4) is 0 Å². The number of amides is 1. The standard InChI is InChI=1S/C19H24N2O3/c1-14(19(22)20-16-10-6-8-12-18(16)24-4)21(2)13-15-9-5-7-11-17(15)23-3/h5-12,14H,13H2,1-4H3,(H,20,22)/t14-/m1/s1. The normalized spacial score (nSPS) is 11.9. The number of para-hydroxylation sites is 3. The Morgan fingerprint density at radius 2 is 1.62 bits per heavy atom. The molecule has 0 radical (unpaired) electrons. The number of anilines is 1. The van der Waals surface area contributed by atoms with Gasteiger partial charge in [0.15, 0.2) is 0 Å². The minimum Gasteiger partial charge on any atom is -0.496 e. The van der Waals surface area contributed by atoms with E-state index >= 15 is 0 Å². The van der Waals surface area contributed by atoms with Crippen LogP contribution in [0.15, 0.2) is 48.5 Å². The summed E-state index contributed by atoms with van der Waals surface area (Å²) in [5.74, 6) is 1.38. The Hall–Kier alpha value is -2.53. The second kappa shape index (κ2) is 8.36. The number of carbonyl (C=O) groups is 1. The Bertz CT molecular complexity index is 688. The minimum absolute atomic E-state index is 0.0862. The van der Waals surface area contributed by atoms with Crippen molar-refractivity contribution in [2.45, 2.75) is 19.5 Å². The molecule has 1 N–H and O–H groups in total. The van der Waals surface area contributed by atoms with Crippen LogP contribution in [0.25, 0.3) is 0 Å². The van der Waals surface area contributed by atoms with Gasteiger partial charge < -0.3 is 14.8 Å². The SMILES string of the molecule is COc1ccccc1CN(C)[C@H](C)C(=O)Nc1ccccc1OC. The van der Waals surface area contributed by atoms with Gasteiger partial charge in [-0.2, -0.15) is 0 Å². The summed E-state index contributed by atoms with van der Waals surface area (Å²) in [6.45, 7) is 2.49. The molecule has 5 nitrogen and oxygen atoms in total. The molecule has 24 heavy (non-hydrogen) atoms. The third-order valence-corrected chi connectivity index (χ3v) is 4.02. The molecule has 0 heterocycles. The summed E-state index contributed by atoms with van der Waals surface area (Å²) < 4.78 is 10.6. The molecule has 5 heteroatoms. The fraction of sp³-hybridized carbons (Fsp3) is 0.316. The highest BCUT2D eigenvalue weighted by atomic mass is 16.5. The van der Waals surface area contributed by atoms with Crippen LogP contribution >= 0.6 is 0 Å². The highest BCUT2D eigenvalue weighted by molar-refractivity contribution is 5.95. The maximum absolute atomic E-state index is 12.5. The van der Waals surface area contributed by atoms with E-state index in [0.29, 0.717) is 18.0 Å². The first-order valence-corrected chi connectivity index (χ1v) is 7.82. The Morgan fingerprint density at radius 1 is 1.04 bits per heavy atom. The van der Waals surface area contributed by atoms with Crippen LogP contribution < -0.4 is 14.8 Å². The Labute approximate surface area is 143 Å². The molecule has 0 aliphatic heterocycles. The predicted molar refractivity (Wildman–Crippen MR) is 95.5 cm³/mol. The van der Waals surface area contributed by atoms with Crippen LogP contribution in [0.1, 0.15) is 12.5 Å². The first kappa shape index (κ1) is 17.8. The van der Waals surface area contributed by atoms with Crippen LogP contribution in [-0.4, -0.2) is 38.1 Å². The van der Waals surface area contributed by atoms with Crippen molar-refractivity contribution in [1.82, 2.24) is 4.90 Å². The van der Waals surface area contributed by atoms with Crippen LogP contribution in [0.2, 0.25) is 0 Å². The average molecular weight is 328 g/mol. The fourth-order valence-corrected chi connectivity index (χ4v) is 2.42. The molecule has 0 aliphatic carbocycles. The van der Waals surface area contributed by atoms with Crippen LogP contribution in [0, 0.1) is 0 Å². The van der Waals surface area contributed by atoms with Crippen molar-refractivity contribution < 1.29 is 14.3 Å². The Kier molecular flexibility index (Phi) is 6.21. The second-order valence-corrected chi connectivity index (χ2v) is 5.59. The number of carbonyl (C=O) groups excluding carboxylic acids is 1. The van der Waals surface area contributed by atoms with Crippen LogP contribution in [-0.2, 0) is 11.3 Å². The molecule has 0 bridgehead atoms. The number of hydrogen-bond acceptors (Lipinski definition) is 4. The summed E-state index contributed by atoms with van der Waals surface area (Å²) >= 11 is 0. The molecular formula is C19H24N2O3. The van der Waals surface area contributed by atoms with Gasteiger partial charge in [-0.3, -0.25) is 9.69 Å². The number of benzene rings is 2. The largest absolute Gasteiger partial charge is 0.496 e. The molecule has 0 spiro atoms. The third kappa shape index (κ3) is 4.26. The number of hydrogen-bond donors (Lipinski definition) is 1. The fourth-order valence-electron chi connectivity index (χ4n) is 2.42. The van der Waals surface area contributed by atoms with Gasteiger partial charge >= 0.3 is 0 Å². The zero-order chi connectivity index (χ0) is 17.5. The van der Waals surface area contributed by atoms with E-state index < -0.39 is 0 Å². The smallest absolute Gasteiger partial charge is 0.241 e. The summed E-state index contributed by atoms with van der Waals surface area (Å²) in [4.78, 5) is 14.5. The van der Waals surface area contributed by atoms with Gasteiger partial charge in [0.25, 0.3) is 0 Å². The van der Waals surface area contributed by atoms with E-state index in [1.807, 2.05) is 67.4 Å². The highest BCUT2D eigenvalue weighted by Gasteiger charge is 2.20. The van der Waals surface area contributed by atoms with Gasteiger partial charge in [0, 0.05) is 12.1 Å².